The molecule has 2 aliphatic rings. The molecule has 0 nitrogen and oxygen atoms in total. The third kappa shape index (κ3) is 4.12. The summed E-state index contributed by atoms with van der Waals surface area (Å²) in [6.45, 7) is 5.06. The Labute approximate surface area is 110 Å². The van der Waals surface area contributed by atoms with Gasteiger partial charge in [0.1, 0.15) is 0 Å². The fourth-order valence-corrected chi connectivity index (χ4v) is 5.92. The summed E-state index contributed by atoms with van der Waals surface area (Å²) in [6, 6.07) is 1.61. The van der Waals surface area contributed by atoms with Crippen LogP contribution in [0.3, 0.4) is 0 Å². The van der Waals surface area contributed by atoms with E-state index in [-0.39, 0.29) is 8.80 Å². The summed E-state index contributed by atoms with van der Waals surface area (Å²) >= 11 is 0. The fraction of sp³-hybridized carbons (Fsp3) is 1.00. The van der Waals surface area contributed by atoms with Gasteiger partial charge in [-0.1, -0.05) is 83.3 Å². The van der Waals surface area contributed by atoms with Crippen LogP contribution in [0.1, 0.15) is 64.2 Å². The van der Waals surface area contributed by atoms with E-state index in [0.717, 1.165) is 17.8 Å². The molecule has 2 saturated carbocycles. The molecule has 17 heavy (non-hydrogen) atoms. The van der Waals surface area contributed by atoms with Crippen molar-refractivity contribution in [2.45, 2.75) is 83.3 Å². The van der Waals surface area contributed by atoms with Crippen LogP contribution in [-0.2, 0) is 0 Å². The lowest BCUT2D eigenvalue weighted by atomic mass is 9.70. The molecule has 99 valence electrons. The average Bonchev–Trinajstić information content (AvgIpc) is 2.38. The quantitative estimate of drug-likeness (QED) is 0.577. The van der Waals surface area contributed by atoms with Gasteiger partial charge in [-0.25, -0.2) is 0 Å². The standard InChI is InChI=1S/C16H31Si/c1-17(2)13-16(14-9-5-3-6-10-14)15-11-7-4-8-12-15/h14-16H,3-13H2,1-2H3. The summed E-state index contributed by atoms with van der Waals surface area (Å²) in [6.07, 6.45) is 15.4. The van der Waals surface area contributed by atoms with E-state index < -0.39 is 0 Å². The molecule has 0 aromatic carbocycles. The number of hydrogen-bond donors (Lipinski definition) is 0. The van der Waals surface area contributed by atoms with Gasteiger partial charge < -0.3 is 0 Å². The van der Waals surface area contributed by atoms with Gasteiger partial charge in [-0.15, -0.1) is 0 Å². The Morgan fingerprint density at radius 2 is 1.18 bits per heavy atom. The van der Waals surface area contributed by atoms with Gasteiger partial charge in [-0.3, -0.25) is 0 Å². The molecule has 2 aliphatic carbocycles. The van der Waals surface area contributed by atoms with Crippen LogP contribution in [0.5, 0.6) is 0 Å². The van der Waals surface area contributed by atoms with Gasteiger partial charge in [0.25, 0.3) is 0 Å². The summed E-state index contributed by atoms with van der Waals surface area (Å²) in [5.74, 6) is 3.36. The SMILES string of the molecule is C[Si](C)CC(C1CCCCC1)C1CCCCC1. The Morgan fingerprint density at radius 3 is 1.53 bits per heavy atom. The predicted octanol–water partition coefficient (Wildman–Crippen LogP) is 5.52. The number of rotatable bonds is 4. The second-order valence-electron chi connectivity index (χ2n) is 6.87. The van der Waals surface area contributed by atoms with Gasteiger partial charge in [-0.05, 0) is 17.8 Å². The lowest BCUT2D eigenvalue weighted by molar-refractivity contribution is 0.158. The Hall–Kier alpha value is 0.217. The molecule has 0 N–H and O–H groups in total. The molecule has 1 heteroatoms. The topological polar surface area (TPSA) is 0 Å². The molecule has 0 saturated heterocycles. The van der Waals surface area contributed by atoms with Crippen LogP contribution in [0, 0.1) is 17.8 Å². The summed E-state index contributed by atoms with van der Waals surface area (Å²) in [7, 11) is -0.0299. The van der Waals surface area contributed by atoms with Gasteiger partial charge in [0.15, 0.2) is 0 Å². The zero-order chi connectivity index (χ0) is 12.1. The van der Waals surface area contributed by atoms with Crippen molar-refractivity contribution in [2.24, 2.45) is 17.8 Å². The van der Waals surface area contributed by atoms with Gasteiger partial charge in [0, 0.05) is 8.80 Å². The molecule has 0 spiro atoms. The van der Waals surface area contributed by atoms with Crippen molar-refractivity contribution < 1.29 is 0 Å². The third-order valence-electron chi connectivity index (χ3n) is 5.15. The first-order valence-corrected chi connectivity index (χ1v) is 10.8. The Bertz CT molecular complexity index is 182. The molecule has 2 fully saturated rings. The summed E-state index contributed by atoms with van der Waals surface area (Å²) < 4.78 is 0. The van der Waals surface area contributed by atoms with Crippen LogP contribution < -0.4 is 0 Å². The van der Waals surface area contributed by atoms with Crippen LogP contribution in [0.25, 0.3) is 0 Å². The van der Waals surface area contributed by atoms with Crippen molar-refractivity contribution in [3.05, 3.63) is 0 Å². The smallest absolute Gasteiger partial charge is 0.0415 e. The van der Waals surface area contributed by atoms with Crippen molar-refractivity contribution in [2.75, 3.05) is 0 Å². The van der Waals surface area contributed by atoms with Gasteiger partial charge in [-0.2, -0.15) is 0 Å². The first-order chi connectivity index (χ1) is 8.27. The van der Waals surface area contributed by atoms with Crippen molar-refractivity contribution >= 4 is 8.80 Å². The van der Waals surface area contributed by atoms with Crippen molar-refractivity contribution in [3.63, 3.8) is 0 Å². The van der Waals surface area contributed by atoms with E-state index in [2.05, 4.69) is 13.1 Å². The predicted molar refractivity (Wildman–Crippen MR) is 78.9 cm³/mol. The van der Waals surface area contributed by atoms with Crippen LogP contribution >= 0.6 is 0 Å². The molecule has 1 radical (unpaired) electrons. The summed E-state index contributed by atoms with van der Waals surface area (Å²) in [5.41, 5.74) is 0. The number of hydrogen-bond acceptors (Lipinski definition) is 0. The Kier molecular flexibility index (Phi) is 5.59. The monoisotopic (exact) mass is 251 g/mol. The van der Waals surface area contributed by atoms with Crippen LogP contribution in [0.4, 0.5) is 0 Å². The lowest BCUT2D eigenvalue weighted by Gasteiger charge is -2.38. The first-order valence-electron chi connectivity index (χ1n) is 8.06. The molecule has 0 aromatic rings. The molecular weight excluding hydrogens is 220 g/mol. The van der Waals surface area contributed by atoms with Crippen molar-refractivity contribution in [3.8, 4) is 0 Å². The Morgan fingerprint density at radius 1 is 0.765 bits per heavy atom. The maximum atomic E-state index is 2.53. The van der Waals surface area contributed by atoms with Gasteiger partial charge in [0.05, 0.1) is 0 Å². The molecule has 0 heterocycles. The third-order valence-corrected chi connectivity index (χ3v) is 6.44. The zero-order valence-corrected chi connectivity index (χ0v) is 13.0. The highest BCUT2D eigenvalue weighted by molar-refractivity contribution is 6.55. The van der Waals surface area contributed by atoms with Gasteiger partial charge >= 0.3 is 0 Å². The highest BCUT2D eigenvalue weighted by Crippen LogP contribution is 2.42. The van der Waals surface area contributed by atoms with E-state index in [9.17, 15) is 0 Å². The zero-order valence-electron chi connectivity index (χ0n) is 12.0. The van der Waals surface area contributed by atoms with Crippen molar-refractivity contribution in [1.82, 2.24) is 0 Å². The molecule has 0 unspecified atom stereocenters. The first kappa shape index (κ1) is 13.6. The second kappa shape index (κ2) is 6.97. The minimum atomic E-state index is -0.0299. The highest BCUT2D eigenvalue weighted by atomic mass is 28.3. The van der Waals surface area contributed by atoms with Crippen molar-refractivity contribution in [1.29, 1.82) is 0 Å². The maximum absolute atomic E-state index is 2.53. The van der Waals surface area contributed by atoms with E-state index >= 15 is 0 Å². The van der Waals surface area contributed by atoms with Gasteiger partial charge in [0.2, 0.25) is 0 Å². The molecular formula is C16H31Si. The molecule has 0 bridgehead atoms. The minimum Gasteiger partial charge on any atom is -0.0713 e. The van der Waals surface area contributed by atoms with Crippen LogP contribution in [-0.4, -0.2) is 8.80 Å². The highest BCUT2D eigenvalue weighted by Gasteiger charge is 2.31. The molecule has 0 amide bonds. The molecule has 2 rings (SSSR count). The largest absolute Gasteiger partial charge is 0.0713 e. The molecule has 0 aromatic heterocycles. The van der Waals surface area contributed by atoms with Crippen LogP contribution in [0.2, 0.25) is 19.1 Å². The summed E-state index contributed by atoms with van der Waals surface area (Å²) in [4.78, 5) is 0. The van der Waals surface area contributed by atoms with E-state index in [1.165, 1.54) is 38.5 Å². The van der Waals surface area contributed by atoms with E-state index in [0.29, 0.717) is 0 Å². The average molecular weight is 252 g/mol. The summed E-state index contributed by atoms with van der Waals surface area (Å²) in [5, 5.41) is 0. The molecule has 0 aliphatic heterocycles. The lowest BCUT2D eigenvalue weighted by Crippen LogP contribution is -2.29. The van der Waals surface area contributed by atoms with E-state index in [1.807, 2.05) is 0 Å². The Balaban J connectivity index is 1.95. The maximum Gasteiger partial charge on any atom is 0.0415 e. The minimum absolute atomic E-state index is 0.0299. The van der Waals surface area contributed by atoms with Crippen LogP contribution in [0.15, 0.2) is 0 Å². The molecule has 0 atom stereocenters. The van der Waals surface area contributed by atoms with E-state index in [4.69, 9.17) is 0 Å². The normalized spacial score (nSPS) is 24.7. The fourth-order valence-electron chi connectivity index (χ4n) is 4.31. The van der Waals surface area contributed by atoms with E-state index in [1.54, 1.807) is 31.7 Å². The second-order valence-corrected chi connectivity index (χ2v) is 9.69.